The van der Waals surface area contributed by atoms with Gasteiger partial charge in [0.1, 0.15) is 0 Å². The van der Waals surface area contributed by atoms with Crippen LogP contribution in [0.15, 0.2) is 97.1 Å². The summed E-state index contributed by atoms with van der Waals surface area (Å²) in [7, 11) is 0.895. The number of hydrogen-bond donors (Lipinski definition) is 0. The first kappa shape index (κ1) is 22.4. The van der Waals surface area contributed by atoms with Crippen molar-refractivity contribution < 1.29 is 4.52 Å². The van der Waals surface area contributed by atoms with Crippen LogP contribution in [0.2, 0.25) is 0 Å². The smallest absolute Gasteiger partial charge is 0.249 e. The Kier molecular flexibility index (Phi) is 4.78. The topological polar surface area (TPSA) is 15.7 Å². The van der Waals surface area contributed by atoms with Crippen LogP contribution in [0.4, 0.5) is 0 Å². The minimum Gasteiger partial charge on any atom is -0.326 e. The highest BCUT2D eigenvalue weighted by molar-refractivity contribution is 7.49. The maximum atomic E-state index is 6.68. The van der Waals surface area contributed by atoms with E-state index in [1.165, 1.54) is 68.7 Å². The van der Waals surface area contributed by atoms with Crippen LogP contribution in [-0.4, -0.2) is 16.5 Å². The van der Waals surface area contributed by atoms with Crippen LogP contribution in [0, 0.1) is 0 Å². The maximum Gasteiger partial charge on any atom is 0.249 e. The molecule has 0 fully saturated rings. The van der Waals surface area contributed by atoms with Crippen molar-refractivity contribution in [3.05, 3.63) is 142 Å². The van der Waals surface area contributed by atoms with Crippen LogP contribution in [-0.2, 0) is 17.4 Å². The molecular formula is C35H31N2OP. The van der Waals surface area contributed by atoms with Gasteiger partial charge in [0.25, 0.3) is 0 Å². The summed E-state index contributed by atoms with van der Waals surface area (Å²) in [5.74, 6) is 0.929. The molecule has 0 amide bonds. The van der Waals surface area contributed by atoms with Gasteiger partial charge in [0.05, 0.1) is 23.5 Å². The molecule has 192 valence electrons. The number of benzene rings is 4. The van der Waals surface area contributed by atoms with Gasteiger partial charge in [0.15, 0.2) is 0 Å². The fraction of sp³-hybridized carbons (Fsp3) is 0.257. The first-order chi connectivity index (χ1) is 19.3. The third-order valence-corrected chi connectivity index (χ3v) is 11.9. The van der Waals surface area contributed by atoms with E-state index in [0.29, 0.717) is 11.8 Å². The Hall–Kier alpha value is -3.39. The Balaban J connectivity index is 1.38. The summed E-state index contributed by atoms with van der Waals surface area (Å²) < 4.78 is 12.2. The first-order valence-electron chi connectivity index (χ1n) is 14.4. The molecule has 0 saturated heterocycles. The molecule has 0 radical (unpaired) electrons. The van der Waals surface area contributed by atoms with Crippen molar-refractivity contribution in [2.24, 2.45) is 0 Å². The van der Waals surface area contributed by atoms with E-state index in [-0.39, 0.29) is 12.1 Å². The lowest BCUT2D eigenvalue weighted by Gasteiger charge is -2.50. The molecule has 0 bridgehead atoms. The molecule has 0 spiro atoms. The van der Waals surface area contributed by atoms with E-state index in [0.717, 1.165) is 12.8 Å². The summed E-state index contributed by atoms with van der Waals surface area (Å²) in [4.78, 5) is 0. The predicted octanol–water partition coefficient (Wildman–Crippen LogP) is 8.57. The highest BCUT2D eigenvalue weighted by atomic mass is 31.2. The van der Waals surface area contributed by atoms with Gasteiger partial charge in [0, 0.05) is 30.1 Å². The molecule has 4 aromatic carbocycles. The summed E-state index contributed by atoms with van der Waals surface area (Å²) in [6.07, 6.45) is 4.63. The molecule has 9 rings (SSSR count). The van der Waals surface area contributed by atoms with Gasteiger partial charge in [-0.25, -0.2) is 0 Å². The Labute approximate surface area is 231 Å². The quantitative estimate of drug-likeness (QED) is 0.231. The number of fused-ring (bicyclic) bond motifs is 16. The fourth-order valence-corrected chi connectivity index (χ4v) is 10.8. The van der Waals surface area contributed by atoms with Crippen LogP contribution >= 0.6 is 8.45 Å². The van der Waals surface area contributed by atoms with E-state index >= 15 is 0 Å². The molecule has 4 atom stereocenters. The van der Waals surface area contributed by atoms with Gasteiger partial charge in [-0.2, -0.15) is 0 Å². The third kappa shape index (κ3) is 2.90. The summed E-state index contributed by atoms with van der Waals surface area (Å²) in [6.45, 7) is 0. The second kappa shape index (κ2) is 8.31. The van der Waals surface area contributed by atoms with E-state index in [1.54, 1.807) is 0 Å². The average Bonchev–Trinajstić information content (AvgIpc) is 3.36. The summed E-state index contributed by atoms with van der Waals surface area (Å²) in [5.41, 5.74) is 14.5. The molecule has 0 saturated carbocycles. The fourth-order valence-electron chi connectivity index (χ4n) is 8.46. The Morgan fingerprint density at radius 3 is 1.44 bits per heavy atom. The van der Waals surface area contributed by atoms with Crippen LogP contribution in [0.1, 0.15) is 81.3 Å². The summed E-state index contributed by atoms with van der Waals surface area (Å²) in [5, 5.41) is 0. The standard InChI is InChI=1S/C35H31N2OP/c1-38-39-36-32-24-12-4-2-10-22(24)18-20-30(32)26-14-6-8-16-28(26)34(36)35-29-17-9-7-15-27(29)31-21-19-23-11-3-5-13-25(23)33(31)37(35)39/h2-17,30-33H,18-21H2,1H3/t30-,31-,32-,33-/m0/s1. The lowest BCUT2D eigenvalue weighted by atomic mass is 9.70. The van der Waals surface area contributed by atoms with Gasteiger partial charge in [-0.1, -0.05) is 97.1 Å². The number of nitrogens with zero attached hydrogens (tertiary/aromatic N) is 2. The van der Waals surface area contributed by atoms with Gasteiger partial charge < -0.3 is 13.9 Å². The van der Waals surface area contributed by atoms with E-state index in [9.17, 15) is 0 Å². The second-order valence-corrected chi connectivity index (χ2v) is 13.3. The molecule has 0 aromatic heterocycles. The zero-order valence-corrected chi connectivity index (χ0v) is 23.0. The molecule has 4 aromatic rings. The monoisotopic (exact) mass is 526 g/mol. The molecule has 39 heavy (non-hydrogen) atoms. The van der Waals surface area contributed by atoms with Crippen molar-refractivity contribution in [2.75, 3.05) is 7.11 Å². The zero-order valence-electron chi connectivity index (χ0n) is 22.1. The Bertz CT molecular complexity index is 1560. The minimum absolute atomic E-state index is 0.286. The van der Waals surface area contributed by atoms with Gasteiger partial charge in [0.2, 0.25) is 8.45 Å². The average molecular weight is 527 g/mol. The zero-order chi connectivity index (χ0) is 25.7. The van der Waals surface area contributed by atoms with E-state index in [1.807, 2.05) is 7.11 Å². The Morgan fingerprint density at radius 2 is 0.974 bits per heavy atom. The van der Waals surface area contributed by atoms with Gasteiger partial charge in [-0.3, -0.25) is 0 Å². The van der Waals surface area contributed by atoms with E-state index in [4.69, 9.17) is 4.52 Å². The molecular weight excluding hydrogens is 495 g/mol. The number of hydrogen-bond acceptors (Lipinski definition) is 3. The lowest BCUT2D eigenvalue weighted by molar-refractivity contribution is 0.265. The van der Waals surface area contributed by atoms with Crippen LogP contribution in [0.3, 0.4) is 0 Å². The molecule has 3 aliphatic heterocycles. The Morgan fingerprint density at radius 1 is 0.564 bits per heavy atom. The van der Waals surface area contributed by atoms with Crippen molar-refractivity contribution in [1.29, 1.82) is 0 Å². The van der Waals surface area contributed by atoms with Crippen LogP contribution < -0.4 is 0 Å². The first-order valence-corrected chi connectivity index (χ1v) is 15.5. The number of aryl methyl sites for hydroxylation is 2. The van der Waals surface area contributed by atoms with Crippen molar-refractivity contribution in [3.63, 3.8) is 0 Å². The van der Waals surface area contributed by atoms with E-state index in [2.05, 4.69) is 106 Å². The summed E-state index contributed by atoms with van der Waals surface area (Å²) >= 11 is 0. The molecule has 0 unspecified atom stereocenters. The predicted molar refractivity (Wildman–Crippen MR) is 158 cm³/mol. The molecule has 3 nitrogen and oxygen atoms in total. The van der Waals surface area contributed by atoms with Crippen molar-refractivity contribution in [2.45, 2.75) is 49.6 Å². The number of rotatable bonds is 1. The van der Waals surface area contributed by atoms with Crippen molar-refractivity contribution >= 4 is 19.8 Å². The van der Waals surface area contributed by atoms with Gasteiger partial charge in [-0.15, -0.1) is 0 Å². The summed E-state index contributed by atoms with van der Waals surface area (Å²) in [6, 6.07) is 37.4. The molecule has 2 aliphatic carbocycles. The van der Waals surface area contributed by atoms with Gasteiger partial charge >= 0.3 is 0 Å². The van der Waals surface area contributed by atoms with Crippen molar-refractivity contribution in [1.82, 2.24) is 9.34 Å². The normalized spacial score (nSPS) is 26.0. The van der Waals surface area contributed by atoms with Crippen LogP contribution in [0.5, 0.6) is 0 Å². The molecule has 0 N–H and O–H groups in total. The highest BCUT2D eigenvalue weighted by Crippen LogP contribution is 2.74. The molecule has 3 heterocycles. The molecule has 5 aliphatic rings. The second-order valence-electron chi connectivity index (χ2n) is 11.6. The minimum atomic E-state index is -1.05. The van der Waals surface area contributed by atoms with Crippen molar-refractivity contribution in [3.8, 4) is 0 Å². The largest absolute Gasteiger partial charge is 0.326 e. The van der Waals surface area contributed by atoms with Crippen LogP contribution in [0.25, 0.3) is 11.4 Å². The maximum absolute atomic E-state index is 6.68. The third-order valence-electron chi connectivity index (χ3n) is 9.93. The molecule has 4 heteroatoms. The van der Waals surface area contributed by atoms with Gasteiger partial charge in [-0.05, 0) is 59.1 Å². The SMILES string of the molecule is COP1N2C(=C3c4ccccc4[C@@H]4CCc5ccccc5[C@@H]4N31)c1ccccc1[C@@H]1CCc3ccccc3[C@@H]12. The highest BCUT2D eigenvalue weighted by Gasteiger charge is 2.57. The lowest BCUT2D eigenvalue weighted by Crippen LogP contribution is -2.37. The van der Waals surface area contributed by atoms with E-state index < -0.39 is 8.45 Å².